The first kappa shape index (κ1) is 26.5. The molecule has 7 N–H and O–H groups in total. The Morgan fingerprint density at radius 3 is 2.26 bits per heavy atom. The molecule has 0 aliphatic rings. The molecule has 1 aromatic heterocycles. The van der Waals surface area contributed by atoms with Crippen molar-refractivity contribution in [3.05, 3.63) is 54.1 Å². The van der Waals surface area contributed by atoms with Gasteiger partial charge in [-0.3, -0.25) is 14.4 Å². The number of imidazole rings is 1. The van der Waals surface area contributed by atoms with Gasteiger partial charge < -0.3 is 31.8 Å². The Kier molecular flexibility index (Phi) is 10.2. The predicted octanol–water partition coefficient (Wildman–Crippen LogP) is -0.261. The van der Waals surface area contributed by atoms with Gasteiger partial charge in [-0.25, -0.2) is 9.78 Å². The van der Waals surface area contributed by atoms with Crippen LogP contribution in [0.4, 0.5) is 0 Å². The highest BCUT2D eigenvalue weighted by molar-refractivity contribution is 5.93. The van der Waals surface area contributed by atoms with E-state index in [1.165, 1.54) is 12.5 Å². The van der Waals surface area contributed by atoms with Gasteiger partial charge in [0.05, 0.1) is 12.9 Å². The molecule has 3 amide bonds. The molecule has 4 atom stereocenters. The lowest BCUT2D eigenvalue weighted by molar-refractivity contribution is -0.142. The molecule has 0 saturated heterocycles. The average Bonchev–Trinajstić information content (AvgIpc) is 3.34. The third-order valence-corrected chi connectivity index (χ3v) is 5.51. The molecule has 11 heteroatoms. The Morgan fingerprint density at radius 2 is 1.71 bits per heavy atom. The van der Waals surface area contributed by atoms with Gasteiger partial charge >= 0.3 is 5.97 Å². The maximum Gasteiger partial charge on any atom is 0.326 e. The zero-order valence-corrected chi connectivity index (χ0v) is 19.3. The van der Waals surface area contributed by atoms with Crippen molar-refractivity contribution in [3.8, 4) is 0 Å². The molecule has 1 heterocycles. The second-order valence-electron chi connectivity index (χ2n) is 8.07. The molecule has 1 aromatic carbocycles. The molecular formula is C23H32N6O5. The number of carboxylic acids is 1. The molecule has 0 fully saturated rings. The van der Waals surface area contributed by atoms with Crippen LogP contribution < -0.4 is 21.7 Å². The number of hydrogen-bond acceptors (Lipinski definition) is 6. The number of aromatic amines is 1. The van der Waals surface area contributed by atoms with Gasteiger partial charge in [0.25, 0.3) is 0 Å². The molecular weight excluding hydrogens is 440 g/mol. The number of carboxylic acid groups (broad SMARTS) is 1. The second-order valence-corrected chi connectivity index (χ2v) is 8.07. The zero-order valence-electron chi connectivity index (χ0n) is 19.3. The molecule has 0 spiro atoms. The van der Waals surface area contributed by atoms with Crippen LogP contribution in [0.5, 0.6) is 0 Å². The molecule has 0 saturated carbocycles. The molecule has 184 valence electrons. The van der Waals surface area contributed by atoms with Crippen LogP contribution >= 0.6 is 0 Å². The topological polar surface area (TPSA) is 179 Å². The minimum Gasteiger partial charge on any atom is -0.480 e. The maximum atomic E-state index is 13.1. The number of carbonyl (C=O) groups excluding carboxylic acids is 3. The number of amides is 3. The van der Waals surface area contributed by atoms with Crippen LogP contribution in [0.2, 0.25) is 0 Å². The van der Waals surface area contributed by atoms with Gasteiger partial charge in [-0.1, -0.05) is 50.6 Å². The number of nitrogens with one attached hydrogen (secondary N) is 4. The van der Waals surface area contributed by atoms with Gasteiger partial charge in [0, 0.05) is 24.7 Å². The molecule has 11 nitrogen and oxygen atoms in total. The molecule has 0 bridgehead atoms. The molecule has 34 heavy (non-hydrogen) atoms. The summed E-state index contributed by atoms with van der Waals surface area (Å²) in [6, 6.07) is 5.70. The number of rotatable bonds is 13. The van der Waals surface area contributed by atoms with E-state index in [-0.39, 0.29) is 25.3 Å². The van der Waals surface area contributed by atoms with Gasteiger partial charge in [-0.05, 0) is 11.5 Å². The summed E-state index contributed by atoms with van der Waals surface area (Å²) in [7, 11) is 0. The number of nitrogens with zero attached hydrogens (tertiary/aromatic N) is 1. The van der Waals surface area contributed by atoms with E-state index in [9.17, 15) is 24.3 Å². The minimum atomic E-state index is -1.20. The van der Waals surface area contributed by atoms with E-state index in [1.54, 1.807) is 31.2 Å². The Hall–Kier alpha value is -3.73. The van der Waals surface area contributed by atoms with Gasteiger partial charge in [0.1, 0.15) is 18.1 Å². The fourth-order valence-electron chi connectivity index (χ4n) is 3.34. The first-order valence-electron chi connectivity index (χ1n) is 11.1. The summed E-state index contributed by atoms with van der Waals surface area (Å²) in [5.74, 6) is -3.15. The number of aromatic nitrogens is 2. The minimum absolute atomic E-state index is 0.0489. The van der Waals surface area contributed by atoms with Crippen molar-refractivity contribution in [2.24, 2.45) is 11.7 Å². The summed E-state index contributed by atoms with van der Waals surface area (Å²) in [6.45, 7) is 3.39. The number of nitrogens with two attached hydrogens (primary N) is 1. The van der Waals surface area contributed by atoms with Gasteiger partial charge in [-0.15, -0.1) is 0 Å². The molecule has 0 radical (unpaired) electrons. The average molecular weight is 473 g/mol. The molecule has 4 unspecified atom stereocenters. The third-order valence-electron chi connectivity index (χ3n) is 5.51. The third kappa shape index (κ3) is 8.00. The zero-order chi connectivity index (χ0) is 25.1. The van der Waals surface area contributed by atoms with Crippen LogP contribution in [0, 0.1) is 5.92 Å². The second kappa shape index (κ2) is 13.1. The van der Waals surface area contributed by atoms with Gasteiger partial charge in [0.2, 0.25) is 17.7 Å². The van der Waals surface area contributed by atoms with Crippen LogP contribution in [0.25, 0.3) is 0 Å². The SMILES string of the molecule is CCC(C)C(NC(=O)CN)C(=O)NC(Cc1cnc[nH]1)C(=O)NC(Cc1ccccc1)C(=O)O. The lowest BCUT2D eigenvalue weighted by Gasteiger charge is -2.27. The lowest BCUT2D eigenvalue weighted by Crippen LogP contribution is -2.58. The Bertz CT molecular complexity index is 950. The van der Waals surface area contributed by atoms with Crippen molar-refractivity contribution in [2.75, 3.05) is 6.54 Å². The maximum absolute atomic E-state index is 13.1. The van der Waals surface area contributed by atoms with E-state index < -0.39 is 41.8 Å². The fourth-order valence-corrected chi connectivity index (χ4v) is 3.34. The largest absolute Gasteiger partial charge is 0.480 e. The van der Waals surface area contributed by atoms with E-state index >= 15 is 0 Å². The number of carbonyl (C=O) groups is 4. The van der Waals surface area contributed by atoms with Crippen LogP contribution in [-0.2, 0) is 32.0 Å². The van der Waals surface area contributed by atoms with Gasteiger partial charge in [0.15, 0.2) is 0 Å². The first-order valence-corrected chi connectivity index (χ1v) is 11.1. The quantitative estimate of drug-likeness (QED) is 0.232. The van der Waals surface area contributed by atoms with Crippen LogP contribution in [0.3, 0.4) is 0 Å². The predicted molar refractivity (Wildman–Crippen MR) is 124 cm³/mol. The van der Waals surface area contributed by atoms with Crippen molar-refractivity contribution in [3.63, 3.8) is 0 Å². The monoisotopic (exact) mass is 472 g/mol. The van der Waals surface area contributed by atoms with E-state index in [0.717, 1.165) is 5.56 Å². The van der Waals surface area contributed by atoms with E-state index in [2.05, 4.69) is 25.9 Å². The van der Waals surface area contributed by atoms with Crippen molar-refractivity contribution in [1.82, 2.24) is 25.9 Å². The highest BCUT2D eigenvalue weighted by atomic mass is 16.4. The van der Waals surface area contributed by atoms with Crippen molar-refractivity contribution in [1.29, 1.82) is 0 Å². The van der Waals surface area contributed by atoms with Crippen molar-refractivity contribution in [2.45, 2.75) is 51.2 Å². The highest BCUT2D eigenvalue weighted by Crippen LogP contribution is 2.10. The lowest BCUT2D eigenvalue weighted by atomic mass is 9.97. The van der Waals surface area contributed by atoms with Crippen molar-refractivity contribution >= 4 is 23.7 Å². The number of H-pyrrole nitrogens is 1. The van der Waals surface area contributed by atoms with Crippen LogP contribution in [-0.4, -0.2) is 63.4 Å². The van der Waals surface area contributed by atoms with Crippen LogP contribution in [0.1, 0.15) is 31.5 Å². The van der Waals surface area contributed by atoms with Crippen LogP contribution in [0.15, 0.2) is 42.9 Å². The summed E-state index contributed by atoms with van der Waals surface area (Å²) >= 11 is 0. The molecule has 0 aliphatic carbocycles. The summed E-state index contributed by atoms with van der Waals surface area (Å²) < 4.78 is 0. The van der Waals surface area contributed by atoms with E-state index in [0.29, 0.717) is 12.1 Å². The molecule has 0 aliphatic heterocycles. The molecule has 2 rings (SSSR count). The Balaban J connectivity index is 2.20. The summed E-state index contributed by atoms with van der Waals surface area (Å²) in [5.41, 5.74) is 6.69. The van der Waals surface area contributed by atoms with Crippen molar-refractivity contribution < 1.29 is 24.3 Å². The standard InChI is InChI=1S/C23H32N6O5/c1-3-14(2)20(29-19(30)11-24)22(32)27-17(10-16-12-25-13-26-16)21(31)28-18(23(33)34)9-15-7-5-4-6-8-15/h4-8,12-14,17-18,20H,3,9-11,24H2,1-2H3,(H,25,26)(H,27,32)(H,28,31)(H,29,30)(H,33,34). The molecule has 2 aromatic rings. The Labute approximate surface area is 197 Å². The summed E-state index contributed by atoms with van der Waals surface area (Å²) in [6.07, 6.45) is 3.67. The summed E-state index contributed by atoms with van der Waals surface area (Å²) in [5, 5.41) is 17.4. The smallest absolute Gasteiger partial charge is 0.326 e. The highest BCUT2D eigenvalue weighted by Gasteiger charge is 2.31. The van der Waals surface area contributed by atoms with E-state index in [4.69, 9.17) is 5.73 Å². The first-order chi connectivity index (χ1) is 16.2. The normalized spacial score (nSPS) is 14.3. The number of benzene rings is 1. The number of hydrogen-bond donors (Lipinski definition) is 6. The Morgan fingerprint density at radius 1 is 1.03 bits per heavy atom. The van der Waals surface area contributed by atoms with Gasteiger partial charge in [-0.2, -0.15) is 0 Å². The van der Waals surface area contributed by atoms with E-state index in [1.807, 2.05) is 13.0 Å². The number of aliphatic carboxylic acids is 1. The fraction of sp³-hybridized carbons (Fsp3) is 0.435. The summed E-state index contributed by atoms with van der Waals surface area (Å²) in [4.78, 5) is 56.6.